The SMILES string of the molecule is C#Cc1ccc(Cn2c(CO)c(-c3ccc(OC)nc3)c3cc(C#N)ccc32)c(F)c1.COc1ccc(-c2c(CO)n(Cc3ccc(C)cc3F)c3ccc(C#N)cc23)cn1.COc1ccc(-c2c(CO)n(Cc3cccc(C(C)(F)F)c3)c3ccc(C#N)cc23)cn1.COc1ccc(-c2c(CO)n(Cc3cccc(Cl)c3)c3ccc(C#N)cc23)cn1. The summed E-state index contributed by atoms with van der Waals surface area (Å²) in [6.45, 7) is 3.04. The number of aliphatic hydroxyl groups excluding tert-OH is 4. The van der Waals surface area contributed by atoms with Gasteiger partial charge in [-0.1, -0.05) is 66.1 Å². The zero-order chi connectivity index (χ0) is 86.5. The number of hydrogen-bond donors (Lipinski definition) is 4. The van der Waals surface area contributed by atoms with Gasteiger partial charge in [-0.05, 0) is 157 Å². The predicted octanol–water partition coefficient (Wildman–Crippen LogP) is 18.8. The third-order valence-corrected chi connectivity index (χ3v) is 21.1. The molecule has 8 aromatic heterocycles. The highest BCUT2D eigenvalue weighted by molar-refractivity contribution is 6.30. The number of hydrogen-bond acceptors (Lipinski definition) is 16. The van der Waals surface area contributed by atoms with Gasteiger partial charge >= 0.3 is 0 Å². The quantitative estimate of drug-likeness (QED) is 0.0384. The van der Waals surface area contributed by atoms with E-state index in [0.29, 0.717) is 96.7 Å². The van der Waals surface area contributed by atoms with Crippen molar-refractivity contribution in [2.75, 3.05) is 28.4 Å². The molecule has 0 amide bonds. The summed E-state index contributed by atoms with van der Waals surface area (Å²) in [5.74, 6) is 0.685. The minimum atomic E-state index is -2.95. The summed E-state index contributed by atoms with van der Waals surface area (Å²) in [7, 11) is 6.17. The Morgan fingerprint density at radius 1 is 0.393 bits per heavy atom. The highest BCUT2D eigenvalue weighted by Crippen LogP contribution is 2.43. The maximum absolute atomic E-state index is 14.7. The molecule has 608 valence electrons. The maximum Gasteiger partial charge on any atom is 0.270 e. The van der Waals surface area contributed by atoms with Crippen LogP contribution in [0.4, 0.5) is 17.6 Å². The first-order valence-corrected chi connectivity index (χ1v) is 38.4. The molecule has 20 nitrogen and oxygen atoms in total. The van der Waals surface area contributed by atoms with E-state index in [1.54, 1.807) is 142 Å². The molecule has 16 rings (SSSR count). The summed E-state index contributed by atoms with van der Waals surface area (Å²) >= 11 is 6.16. The zero-order valence-electron chi connectivity index (χ0n) is 66.9. The van der Waals surface area contributed by atoms with Crippen molar-refractivity contribution in [3.8, 4) is 105 Å². The number of rotatable bonds is 21. The maximum atomic E-state index is 14.7. The van der Waals surface area contributed by atoms with E-state index in [1.807, 2.05) is 99.5 Å². The zero-order valence-corrected chi connectivity index (χ0v) is 67.6. The molecule has 16 aromatic rings. The number of aryl methyl sites for hydroxylation is 1. The Bertz CT molecular complexity index is 6800. The van der Waals surface area contributed by atoms with E-state index in [4.69, 9.17) is 37.0 Å². The van der Waals surface area contributed by atoms with Gasteiger partial charge in [-0.3, -0.25) is 0 Å². The van der Waals surface area contributed by atoms with Gasteiger partial charge in [0.15, 0.2) is 0 Å². The second-order valence-electron chi connectivity index (χ2n) is 28.3. The van der Waals surface area contributed by atoms with E-state index in [9.17, 15) is 59.0 Å². The van der Waals surface area contributed by atoms with Crippen LogP contribution in [0.25, 0.3) is 88.1 Å². The molecule has 0 bridgehead atoms. The third-order valence-electron chi connectivity index (χ3n) is 20.8. The molecule has 0 aliphatic rings. The minimum Gasteiger partial charge on any atom is -0.481 e. The van der Waals surface area contributed by atoms with Crippen LogP contribution in [0.15, 0.2) is 231 Å². The molecule has 0 aliphatic carbocycles. The van der Waals surface area contributed by atoms with Gasteiger partial charge in [0.05, 0.1) is 137 Å². The molecule has 0 atom stereocenters. The van der Waals surface area contributed by atoms with E-state index >= 15 is 0 Å². The monoisotopic (exact) mass is 1650 g/mol. The lowest BCUT2D eigenvalue weighted by Gasteiger charge is -2.14. The number of aromatic nitrogens is 8. The van der Waals surface area contributed by atoms with Crippen molar-refractivity contribution < 1.29 is 56.9 Å². The number of nitrogens with zero attached hydrogens (tertiary/aromatic N) is 12. The van der Waals surface area contributed by atoms with Crippen LogP contribution in [-0.4, -0.2) is 87.1 Å². The number of pyridine rings is 4. The van der Waals surface area contributed by atoms with E-state index in [1.165, 1.54) is 38.5 Å². The average molecular weight is 1650 g/mol. The van der Waals surface area contributed by atoms with Gasteiger partial charge < -0.3 is 57.6 Å². The van der Waals surface area contributed by atoms with Gasteiger partial charge in [-0.15, -0.1) is 6.42 Å². The highest BCUT2D eigenvalue weighted by Gasteiger charge is 2.28. The molecular weight excluding hydrogens is 1570 g/mol. The number of ether oxygens (including phenoxy) is 4. The van der Waals surface area contributed by atoms with Crippen LogP contribution in [0.1, 0.15) is 90.9 Å². The Kier molecular flexibility index (Phi) is 26.3. The molecule has 25 heteroatoms. The predicted molar refractivity (Wildman–Crippen MR) is 459 cm³/mol. The Balaban J connectivity index is 0.000000140. The first kappa shape index (κ1) is 85.0. The molecule has 0 saturated heterocycles. The molecule has 4 N–H and O–H groups in total. The van der Waals surface area contributed by atoms with E-state index in [0.717, 1.165) is 112 Å². The number of terminal acetylenes is 1. The Morgan fingerprint density at radius 3 is 1.00 bits per heavy atom. The number of methoxy groups -OCH3 is 4. The molecule has 0 aliphatic heterocycles. The molecule has 0 spiro atoms. The first-order valence-electron chi connectivity index (χ1n) is 38.0. The molecule has 8 heterocycles. The van der Waals surface area contributed by atoms with E-state index in [-0.39, 0.29) is 57.4 Å². The fraction of sp³-hybridized carbons (Fsp3) is 0.155. The van der Waals surface area contributed by atoms with E-state index < -0.39 is 11.7 Å². The lowest BCUT2D eigenvalue weighted by Crippen LogP contribution is -2.09. The topological polar surface area (TPSA) is 284 Å². The summed E-state index contributed by atoms with van der Waals surface area (Å²) in [6.07, 6.45) is 12.0. The van der Waals surface area contributed by atoms with Crippen molar-refractivity contribution in [2.24, 2.45) is 0 Å². The van der Waals surface area contributed by atoms with Gasteiger partial charge in [0.1, 0.15) is 11.6 Å². The van der Waals surface area contributed by atoms with Crippen molar-refractivity contribution in [3.63, 3.8) is 0 Å². The lowest BCUT2D eigenvalue weighted by molar-refractivity contribution is 0.0174. The van der Waals surface area contributed by atoms with Gasteiger partial charge in [-0.2, -0.15) is 21.0 Å². The van der Waals surface area contributed by atoms with Crippen molar-refractivity contribution in [2.45, 2.75) is 72.4 Å². The van der Waals surface area contributed by atoms with Gasteiger partial charge in [0.25, 0.3) is 5.92 Å². The lowest BCUT2D eigenvalue weighted by atomic mass is 10.0. The van der Waals surface area contributed by atoms with Crippen LogP contribution in [0, 0.1) is 76.2 Å². The van der Waals surface area contributed by atoms with Crippen LogP contribution >= 0.6 is 11.6 Å². The Labute approximate surface area is 704 Å². The standard InChI is InChI=1S/C25H21F2N3O2.C25H18FN3O2.C24H20FN3O2.C23H18ClN3O2/c1-25(26,27)19-5-3-4-17(10-19)14-30-21-8-6-16(12-28)11-20(21)24(22(30)15-31)18-7-9-23(32-2)29-13-18;1-3-16-4-6-19(21(26)11-16)14-29-22-8-5-17(12-27)10-20(22)25(23(29)15-30)18-7-9-24(31-2)28-13-18;1-15-3-5-18(20(25)9-15)13-28-21-7-4-16(11-26)10-19(21)24(22(28)14-29)17-6-8-23(30-2)27-12-17;1-29-22-8-6-17(12-26-22)23-19-10-15(11-25)5-7-20(19)27(21(23)14-28)13-16-3-2-4-18(24)9-16/h3-11,13,31H,14-15H2,1-2H3;1,4-11,13,30H,14-15H2,2H3;3-10,12,29H,13-14H2,1-2H3;2-10,12,28H,13-14H2,1H3. The summed E-state index contributed by atoms with van der Waals surface area (Å²) in [5.41, 5.74) is 18.1. The van der Waals surface area contributed by atoms with Crippen molar-refractivity contribution in [1.29, 1.82) is 21.0 Å². The van der Waals surface area contributed by atoms with Crippen LogP contribution in [0.5, 0.6) is 23.5 Å². The first-order chi connectivity index (χ1) is 59.1. The molecule has 0 radical (unpaired) electrons. The second-order valence-corrected chi connectivity index (χ2v) is 28.7. The molecule has 0 saturated carbocycles. The normalized spacial score (nSPS) is 11.0. The summed E-state index contributed by atoms with van der Waals surface area (Å²) in [4.78, 5) is 17.1. The molecular formula is C97H77ClF4N12O8. The molecule has 122 heavy (non-hydrogen) atoms. The number of aliphatic hydroxyl groups is 4. The van der Waals surface area contributed by atoms with Gasteiger partial charge in [-0.25, -0.2) is 37.5 Å². The Hall–Kier alpha value is -14.9. The fourth-order valence-corrected chi connectivity index (χ4v) is 15.2. The van der Waals surface area contributed by atoms with Crippen LogP contribution < -0.4 is 18.9 Å². The van der Waals surface area contributed by atoms with Gasteiger partial charge in [0.2, 0.25) is 23.5 Å². The third kappa shape index (κ3) is 18.1. The fourth-order valence-electron chi connectivity index (χ4n) is 15.0. The number of halogens is 5. The smallest absolute Gasteiger partial charge is 0.270 e. The largest absolute Gasteiger partial charge is 0.481 e. The average Bonchev–Trinajstić information content (AvgIpc) is 1.62. The second kappa shape index (κ2) is 37.8. The molecule has 8 aromatic carbocycles. The molecule has 0 unspecified atom stereocenters. The molecule has 0 fully saturated rings. The highest BCUT2D eigenvalue weighted by atomic mass is 35.5. The summed E-state index contributed by atoms with van der Waals surface area (Å²) < 4.78 is 85.2. The minimum absolute atomic E-state index is 0.0663. The van der Waals surface area contributed by atoms with Crippen molar-refractivity contribution in [3.05, 3.63) is 332 Å². The van der Waals surface area contributed by atoms with Crippen molar-refractivity contribution >= 4 is 55.2 Å². The van der Waals surface area contributed by atoms with Crippen LogP contribution in [-0.2, 0) is 58.5 Å². The van der Waals surface area contributed by atoms with Gasteiger partial charge in [0, 0.05) is 184 Å². The van der Waals surface area contributed by atoms with Crippen LogP contribution in [0.2, 0.25) is 5.02 Å². The summed E-state index contributed by atoms with van der Waals surface area (Å²) in [6, 6.07) is 68.2. The van der Waals surface area contributed by atoms with Crippen molar-refractivity contribution in [1.82, 2.24) is 38.2 Å². The van der Waals surface area contributed by atoms with Crippen LogP contribution in [0.3, 0.4) is 0 Å². The summed E-state index contributed by atoms with van der Waals surface area (Å²) in [5, 5.41) is 82.5. The Morgan fingerprint density at radius 2 is 0.713 bits per heavy atom. The number of nitriles is 4. The van der Waals surface area contributed by atoms with E-state index in [2.05, 4.69) is 54.7 Å². The number of benzene rings is 8. The number of alkyl halides is 2. The number of fused-ring (bicyclic) bond motifs is 4.